The average molecular weight is 373 g/mol. The first-order valence-electron chi connectivity index (χ1n) is 9.06. The van der Waals surface area contributed by atoms with Gasteiger partial charge in [0.25, 0.3) is 11.8 Å². The van der Waals surface area contributed by atoms with Gasteiger partial charge in [-0.05, 0) is 37.5 Å². The summed E-state index contributed by atoms with van der Waals surface area (Å²) < 4.78 is 4.93. The van der Waals surface area contributed by atoms with Gasteiger partial charge < -0.3 is 15.4 Å². The van der Waals surface area contributed by atoms with Gasteiger partial charge in [-0.3, -0.25) is 19.3 Å². The summed E-state index contributed by atoms with van der Waals surface area (Å²) in [6, 6.07) is 6.79. The van der Waals surface area contributed by atoms with E-state index < -0.39 is 30.1 Å². The summed E-state index contributed by atoms with van der Waals surface area (Å²) in [6.07, 6.45) is 2.93. The Kier molecular flexibility index (Phi) is 5.43. The molecule has 0 atom stereocenters. The van der Waals surface area contributed by atoms with Gasteiger partial charge in [0.2, 0.25) is 0 Å². The molecule has 1 aromatic rings. The predicted molar refractivity (Wildman–Crippen MR) is 96.8 cm³/mol. The molecule has 8 heteroatoms. The molecular weight excluding hydrogens is 350 g/mol. The van der Waals surface area contributed by atoms with Crippen molar-refractivity contribution in [2.45, 2.75) is 44.6 Å². The second-order valence-corrected chi connectivity index (χ2v) is 7.00. The fraction of sp³-hybridized carbons (Fsp3) is 0.474. The fourth-order valence-corrected chi connectivity index (χ4v) is 3.54. The third-order valence-electron chi connectivity index (χ3n) is 4.91. The number of imide groups is 1. The Morgan fingerprint density at radius 3 is 2.70 bits per heavy atom. The van der Waals surface area contributed by atoms with E-state index in [9.17, 15) is 19.2 Å². The summed E-state index contributed by atoms with van der Waals surface area (Å²) in [7, 11) is 0. The van der Waals surface area contributed by atoms with Gasteiger partial charge in [0.05, 0.1) is 6.42 Å². The molecule has 144 valence electrons. The number of carbonyl (C=O) groups excluding carboxylic acids is 4. The van der Waals surface area contributed by atoms with Gasteiger partial charge in [0.15, 0.2) is 6.61 Å². The van der Waals surface area contributed by atoms with Gasteiger partial charge in [0.1, 0.15) is 5.54 Å². The van der Waals surface area contributed by atoms with E-state index in [1.54, 1.807) is 12.1 Å². The molecule has 1 aromatic carbocycles. The number of amides is 4. The van der Waals surface area contributed by atoms with E-state index in [0.29, 0.717) is 18.5 Å². The molecule has 1 spiro atoms. The molecule has 0 radical (unpaired) electrons. The van der Waals surface area contributed by atoms with E-state index in [-0.39, 0.29) is 18.9 Å². The highest BCUT2D eigenvalue weighted by atomic mass is 16.5. The van der Waals surface area contributed by atoms with Crippen LogP contribution in [-0.4, -0.2) is 47.4 Å². The standard InChI is InChI=1S/C19H23N3O5/c1-13-5-4-6-14(11-13)20-15(23)12-27-16(24)7-10-22-17(25)19(21-18(22)26)8-2-3-9-19/h4-6,11H,2-3,7-10,12H2,1H3,(H,20,23)(H,21,26). The lowest BCUT2D eigenvalue weighted by Crippen LogP contribution is -2.44. The first-order chi connectivity index (χ1) is 12.9. The molecule has 1 saturated heterocycles. The molecule has 3 rings (SSSR count). The molecule has 0 bridgehead atoms. The Labute approximate surface area is 157 Å². The van der Waals surface area contributed by atoms with Crippen molar-refractivity contribution in [3.8, 4) is 0 Å². The summed E-state index contributed by atoms with van der Waals surface area (Å²) in [6.45, 7) is 1.43. The number of hydrogen-bond donors (Lipinski definition) is 2. The van der Waals surface area contributed by atoms with Crippen LogP contribution in [0.15, 0.2) is 24.3 Å². The van der Waals surface area contributed by atoms with Gasteiger partial charge in [-0.2, -0.15) is 0 Å². The topological polar surface area (TPSA) is 105 Å². The molecule has 8 nitrogen and oxygen atoms in total. The number of aryl methyl sites for hydroxylation is 1. The predicted octanol–water partition coefficient (Wildman–Crippen LogP) is 1.73. The van der Waals surface area contributed by atoms with Gasteiger partial charge in [-0.25, -0.2) is 4.79 Å². The van der Waals surface area contributed by atoms with E-state index in [1.807, 2.05) is 19.1 Å². The maximum Gasteiger partial charge on any atom is 0.325 e. The van der Waals surface area contributed by atoms with Crippen molar-refractivity contribution in [1.29, 1.82) is 0 Å². The molecule has 1 aliphatic carbocycles. The zero-order valence-corrected chi connectivity index (χ0v) is 15.2. The van der Waals surface area contributed by atoms with E-state index in [1.165, 1.54) is 0 Å². The molecule has 4 amide bonds. The summed E-state index contributed by atoms with van der Waals surface area (Å²) in [5, 5.41) is 5.39. The number of esters is 1. The molecule has 1 aliphatic heterocycles. The summed E-state index contributed by atoms with van der Waals surface area (Å²) in [4.78, 5) is 49.3. The number of ether oxygens (including phenoxy) is 1. The van der Waals surface area contributed by atoms with Crippen LogP contribution in [0.4, 0.5) is 10.5 Å². The van der Waals surface area contributed by atoms with E-state index in [0.717, 1.165) is 23.3 Å². The van der Waals surface area contributed by atoms with Crippen molar-refractivity contribution in [3.63, 3.8) is 0 Å². The number of hydrogen-bond acceptors (Lipinski definition) is 5. The number of anilines is 1. The van der Waals surface area contributed by atoms with Crippen LogP contribution in [0.5, 0.6) is 0 Å². The van der Waals surface area contributed by atoms with Crippen molar-refractivity contribution >= 4 is 29.5 Å². The lowest BCUT2D eigenvalue weighted by molar-refractivity contribution is -0.147. The van der Waals surface area contributed by atoms with Crippen LogP contribution in [0.1, 0.15) is 37.7 Å². The lowest BCUT2D eigenvalue weighted by atomic mass is 9.98. The Hall–Kier alpha value is -2.90. The summed E-state index contributed by atoms with van der Waals surface area (Å²) in [5.74, 6) is -1.36. The average Bonchev–Trinajstić information content (AvgIpc) is 3.17. The lowest BCUT2D eigenvalue weighted by Gasteiger charge is -2.19. The molecular formula is C19H23N3O5. The van der Waals surface area contributed by atoms with Gasteiger partial charge >= 0.3 is 12.0 Å². The van der Waals surface area contributed by atoms with Crippen LogP contribution >= 0.6 is 0 Å². The smallest absolute Gasteiger partial charge is 0.325 e. The van der Waals surface area contributed by atoms with Gasteiger partial charge in [-0.15, -0.1) is 0 Å². The Morgan fingerprint density at radius 1 is 1.26 bits per heavy atom. The van der Waals surface area contributed by atoms with Crippen LogP contribution in [0.2, 0.25) is 0 Å². The Morgan fingerprint density at radius 2 is 2.00 bits per heavy atom. The molecule has 2 aliphatic rings. The molecule has 1 heterocycles. The second-order valence-electron chi connectivity index (χ2n) is 7.00. The van der Waals surface area contributed by atoms with E-state index >= 15 is 0 Å². The van der Waals surface area contributed by atoms with Crippen LogP contribution in [0.25, 0.3) is 0 Å². The second kappa shape index (κ2) is 7.77. The van der Waals surface area contributed by atoms with Crippen LogP contribution < -0.4 is 10.6 Å². The van der Waals surface area contributed by atoms with E-state index in [4.69, 9.17) is 4.74 Å². The third kappa shape index (κ3) is 4.27. The highest BCUT2D eigenvalue weighted by Crippen LogP contribution is 2.35. The molecule has 0 unspecified atom stereocenters. The van der Waals surface area contributed by atoms with Crippen molar-refractivity contribution in [3.05, 3.63) is 29.8 Å². The Bertz CT molecular complexity index is 770. The minimum atomic E-state index is -0.783. The Balaban J connectivity index is 1.42. The summed E-state index contributed by atoms with van der Waals surface area (Å²) in [5.41, 5.74) is 0.838. The SMILES string of the molecule is Cc1cccc(NC(=O)COC(=O)CCN2C(=O)NC3(CCCC3)C2=O)c1. The first kappa shape index (κ1) is 18.9. The number of benzene rings is 1. The maximum absolute atomic E-state index is 12.5. The first-order valence-corrected chi connectivity index (χ1v) is 9.06. The van der Waals surface area contributed by atoms with Crippen LogP contribution in [-0.2, 0) is 19.1 Å². The third-order valence-corrected chi connectivity index (χ3v) is 4.91. The molecule has 1 saturated carbocycles. The van der Waals surface area contributed by atoms with Crippen molar-refractivity contribution in [2.75, 3.05) is 18.5 Å². The van der Waals surface area contributed by atoms with Crippen molar-refractivity contribution < 1.29 is 23.9 Å². The molecule has 2 fully saturated rings. The fourth-order valence-electron chi connectivity index (χ4n) is 3.54. The normalized spacial score (nSPS) is 17.9. The largest absolute Gasteiger partial charge is 0.456 e. The molecule has 2 N–H and O–H groups in total. The molecule has 0 aromatic heterocycles. The zero-order valence-electron chi connectivity index (χ0n) is 15.2. The highest BCUT2D eigenvalue weighted by Gasteiger charge is 2.52. The number of rotatable bonds is 6. The van der Waals surface area contributed by atoms with Gasteiger partial charge in [0, 0.05) is 12.2 Å². The maximum atomic E-state index is 12.5. The number of urea groups is 1. The minimum absolute atomic E-state index is 0.0508. The van der Waals surface area contributed by atoms with Crippen LogP contribution in [0.3, 0.4) is 0 Å². The number of nitrogens with zero attached hydrogens (tertiary/aromatic N) is 1. The van der Waals surface area contributed by atoms with Crippen LogP contribution in [0, 0.1) is 6.92 Å². The van der Waals surface area contributed by atoms with Crippen molar-refractivity contribution in [1.82, 2.24) is 10.2 Å². The quantitative estimate of drug-likeness (QED) is 0.584. The summed E-state index contributed by atoms with van der Waals surface area (Å²) >= 11 is 0. The highest BCUT2D eigenvalue weighted by molar-refractivity contribution is 6.07. The zero-order chi connectivity index (χ0) is 19.4. The monoisotopic (exact) mass is 373 g/mol. The van der Waals surface area contributed by atoms with Gasteiger partial charge in [-0.1, -0.05) is 25.0 Å². The van der Waals surface area contributed by atoms with E-state index in [2.05, 4.69) is 10.6 Å². The minimum Gasteiger partial charge on any atom is -0.456 e. The number of nitrogens with one attached hydrogen (secondary N) is 2. The van der Waals surface area contributed by atoms with Crippen molar-refractivity contribution in [2.24, 2.45) is 0 Å². The number of carbonyl (C=O) groups is 4. The molecule has 27 heavy (non-hydrogen) atoms.